The summed E-state index contributed by atoms with van der Waals surface area (Å²) in [7, 11) is -2.14. The molecule has 0 radical (unpaired) electrons. The van der Waals surface area contributed by atoms with Gasteiger partial charge in [0.15, 0.2) is 14.8 Å². The topological polar surface area (TPSA) is 79.8 Å². The maximum absolute atomic E-state index is 14.1. The number of hydrogen-bond acceptors (Lipinski definition) is 6. The Morgan fingerprint density at radius 2 is 1.50 bits per heavy atom. The summed E-state index contributed by atoms with van der Waals surface area (Å²) in [6.07, 6.45) is -8.02. The van der Waals surface area contributed by atoms with Crippen molar-refractivity contribution >= 4 is 27.2 Å². The predicted octanol–water partition coefficient (Wildman–Crippen LogP) is 7.31. The largest absolute Gasteiger partial charge is 0.416 e. The SMILES string of the molecule is Cc1cc(F)ccc1-c1cc(N2CCC3(CC2)OCCCS3(=O)=O)ncc1N(C)C(=O)C(C)(C)c1cc(C(F)(F)F)cc(C(F)(F)F)c1. The van der Waals surface area contributed by atoms with E-state index in [0.29, 0.717) is 47.7 Å². The van der Waals surface area contributed by atoms with Crippen molar-refractivity contribution in [3.63, 3.8) is 0 Å². The van der Waals surface area contributed by atoms with Gasteiger partial charge in [-0.15, -0.1) is 0 Å². The van der Waals surface area contributed by atoms with Crippen LogP contribution in [0.3, 0.4) is 0 Å². The van der Waals surface area contributed by atoms with Gasteiger partial charge in [-0.2, -0.15) is 26.3 Å². The normalized spacial score (nSPS) is 18.2. The maximum Gasteiger partial charge on any atom is 0.416 e. The molecule has 0 bridgehead atoms. The Bertz CT molecular complexity index is 1800. The number of aromatic nitrogens is 1. The van der Waals surface area contributed by atoms with E-state index in [-0.39, 0.29) is 43.4 Å². The van der Waals surface area contributed by atoms with Gasteiger partial charge in [0.25, 0.3) is 0 Å². The van der Waals surface area contributed by atoms with Gasteiger partial charge in [-0.1, -0.05) is 6.07 Å². The highest BCUT2D eigenvalue weighted by atomic mass is 32.2. The molecule has 1 amide bonds. The van der Waals surface area contributed by atoms with Crippen LogP contribution in [0.25, 0.3) is 11.1 Å². The molecule has 2 aliphatic rings. The number of ether oxygens (including phenoxy) is 1. The molecule has 7 nitrogen and oxygen atoms in total. The molecule has 15 heteroatoms. The number of anilines is 2. The molecule has 0 aliphatic carbocycles. The zero-order valence-corrected chi connectivity index (χ0v) is 27.4. The number of alkyl halides is 6. The second-order valence-electron chi connectivity index (χ2n) is 12.7. The first-order chi connectivity index (χ1) is 22.2. The Labute approximate surface area is 273 Å². The van der Waals surface area contributed by atoms with Gasteiger partial charge in [0.05, 0.1) is 34.2 Å². The number of likely N-dealkylation sites (N-methyl/N-ethyl adjacent to an activating group) is 1. The lowest BCUT2D eigenvalue weighted by atomic mass is 9.81. The van der Waals surface area contributed by atoms with Crippen LogP contribution in [0, 0.1) is 12.7 Å². The van der Waals surface area contributed by atoms with Crippen LogP contribution in [-0.2, 0) is 37.1 Å². The maximum atomic E-state index is 14.1. The first-order valence-corrected chi connectivity index (χ1v) is 16.8. The van der Waals surface area contributed by atoms with Crippen molar-refractivity contribution < 1.29 is 48.7 Å². The van der Waals surface area contributed by atoms with E-state index in [0.717, 1.165) is 4.90 Å². The molecule has 1 spiro atoms. The Morgan fingerprint density at radius 1 is 0.917 bits per heavy atom. The third-order valence-electron chi connectivity index (χ3n) is 9.20. The van der Waals surface area contributed by atoms with Crippen molar-refractivity contribution in [3.05, 3.63) is 76.7 Å². The zero-order chi connectivity index (χ0) is 35.4. The lowest BCUT2D eigenvalue weighted by Gasteiger charge is -2.43. The van der Waals surface area contributed by atoms with Crippen molar-refractivity contribution in [3.8, 4) is 11.1 Å². The van der Waals surface area contributed by atoms with Gasteiger partial charge in [-0.25, -0.2) is 17.8 Å². The Kier molecular flexibility index (Phi) is 9.13. The van der Waals surface area contributed by atoms with Gasteiger partial charge in [-0.05, 0) is 80.3 Å². The summed E-state index contributed by atoms with van der Waals surface area (Å²) in [6.45, 7) is 5.02. The number of piperidine rings is 1. The molecule has 0 unspecified atom stereocenters. The van der Waals surface area contributed by atoms with Crippen molar-refractivity contribution in [2.24, 2.45) is 0 Å². The van der Waals surface area contributed by atoms with Gasteiger partial charge >= 0.3 is 12.4 Å². The van der Waals surface area contributed by atoms with E-state index in [1.807, 2.05) is 4.90 Å². The number of halogens is 7. The number of aryl methyl sites for hydroxylation is 1. The number of carbonyl (C=O) groups excluding carboxylic acids is 1. The number of rotatable bonds is 5. The van der Waals surface area contributed by atoms with Gasteiger partial charge in [0, 0.05) is 45.1 Å². The van der Waals surface area contributed by atoms with Crippen LogP contribution in [-0.4, -0.2) is 56.7 Å². The number of amides is 1. The first-order valence-electron chi connectivity index (χ1n) is 15.1. The molecule has 2 saturated heterocycles. The summed E-state index contributed by atoms with van der Waals surface area (Å²) < 4.78 is 128. The van der Waals surface area contributed by atoms with E-state index in [2.05, 4.69) is 4.98 Å². The summed E-state index contributed by atoms with van der Waals surface area (Å²) in [5, 5.41) is 0. The molecule has 48 heavy (non-hydrogen) atoms. The second-order valence-corrected chi connectivity index (χ2v) is 15.1. The summed E-state index contributed by atoms with van der Waals surface area (Å²) in [6, 6.07) is 6.71. The van der Waals surface area contributed by atoms with Gasteiger partial charge in [0.1, 0.15) is 11.6 Å². The van der Waals surface area contributed by atoms with E-state index in [1.54, 1.807) is 13.0 Å². The minimum Gasteiger partial charge on any atom is -0.359 e. The molecule has 3 aromatic rings. The van der Waals surface area contributed by atoms with Crippen molar-refractivity contribution in [2.75, 3.05) is 42.3 Å². The van der Waals surface area contributed by atoms with Gasteiger partial charge < -0.3 is 14.5 Å². The summed E-state index contributed by atoms with van der Waals surface area (Å²) in [4.78, 5) is 20.2. The lowest BCUT2D eigenvalue weighted by Crippen LogP contribution is -2.54. The molecule has 2 fully saturated rings. The van der Waals surface area contributed by atoms with Crippen molar-refractivity contribution in [2.45, 2.75) is 62.7 Å². The minimum atomic E-state index is -5.10. The van der Waals surface area contributed by atoms with Crippen LogP contribution in [0.5, 0.6) is 0 Å². The number of carbonyl (C=O) groups is 1. The molecule has 3 heterocycles. The van der Waals surface area contributed by atoms with E-state index in [9.17, 15) is 43.9 Å². The van der Waals surface area contributed by atoms with E-state index in [4.69, 9.17) is 4.74 Å². The average molecular weight is 702 g/mol. The highest BCUT2D eigenvalue weighted by Gasteiger charge is 2.49. The fraction of sp³-hybridized carbons (Fsp3) is 0.455. The summed E-state index contributed by atoms with van der Waals surface area (Å²) >= 11 is 0. The van der Waals surface area contributed by atoms with Crippen LogP contribution in [0.4, 0.5) is 42.2 Å². The number of hydrogen-bond donors (Lipinski definition) is 0. The molecule has 260 valence electrons. The molecule has 1 aromatic heterocycles. The predicted molar refractivity (Wildman–Crippen MR) is 166 cm³/mol. The molecular weight excluding hydrogens is 667 g/mol. The fourth-order valence-electron chi connectivity index (χ4n) is 6.31. The standard InChI is InChI=1S/C33H34F7N3O4S/c1-20-14-24(34)6-7-25(20)26-18-28(43-10-8-31(9-11-43)47-12-5-13-48(31,45)46)41-19-27(26)42(4)29(44)30(2,3)21-15-22(32(35,36)37)17-23(16-21)33(38,39)40/h6-7,14-19H,5,8-13H2,1-4H3. The van der Waals surface area contributed by atoms with E-state index in [1.165, 1.54) is 45.3 Å². The molecule has 2 aromatic carbocycles. The summed E-state index contributed by atoms with van der Waals surface area (Å²) in [5.41, 5.74) is -3.91. The van der Waals surface area contributed by atoms with Crippen molar-refractivity contribution in [1.29, 1.82) is 0 Å². The first kappa shape index (κ1) is 35.6. The van der Waals surface area contributed by atoms with Crippen LogP contribution < -0.4 is 9.80 Å². The highest BCUT2D eigenvalue weighted by molar-refractivity contribution is 7.92. The van der Waals surface area contributed by atoms with Crippen LogP contribution in [0.1, 0.15) is 55.4 Å². The quantitative estimate of drug-likeness (QED) is 0.260. The monoisotopic (exact) mass is 701 g/mol. The van der Waals surface area contributed by atoms with Gasteiger partial charge in [0.2, 0.25) is 5.91 Å². The highest BCUT2D eigenvalue weighted by Crippen LogP contribution is 2.42. The molecule has 2 aliphatic heterocycles. The average Bonchev–Trinajstić information content (AvgIpc) is 3.01. The van der Waals surface area contributed by atoms with E-state index >= 15 is 0 Å². The van der Waals surface area contributed by atoms with Crippen LogP contribution in [0.2, 0.25) is 0 Å². The van der Waals surface area contributed by atoms with Crippen molar-refractivity contribution in [1.82, 2.24) is 4.98 Å². The summed E-state index contributed by atoms with van der Waals surface area (Å²) in [5.74, 6) is -0.876. The Hall–Kier alpha value is -3.72. The number of sulfone groups is 1. The third kappa shape index (κ3) is 6.63. The number of pyridine rings is 1. The minimum absolute atomic E-state index is 0.00404. The molecular formula is C33H34F7N3O4S. The third-order valence-corrected chi connectivity index (χ3v) is 11.7. The molecule has 5 rings (SSSR count). The van der Waals surface area contributed by atoms with Crippen LogP contribution in [0.15, 0.2) is 48.7 Å². The number of benzene rings is 2. The second kappa shape index (κ2) is 12.3. The number of nitrogens with zero attached hydrogens (tertiary/aromatic N) is 3. The molecule has 0 saturated carbocycles. The zero-order valence-electron chi connectivity index (χ0n) is 26.6. The smallest absolute Gasteiger partial charge is 0.359 e. The van der Waals surface area contributed by atoms with Crippen LogP contribution >= 0.6 is 0 Å². The fourth-order valence-corrected chi connectivity index (χ4v) is 8.24. The van der Waals surface area contributed by atoms with Gasteiger partial charge in [-0.3, -0.25) is 4.79 Å². The Morgan fingerprint density at radius 3 is 2.04 bits per heavy atom. The lowest BCUT2D eigenvalue weighted by molar-refractivity contribution is -0.143. The Balaban J connectivity index is 1.54. The molecule has 0 N–H and O–H groups in total. The van der Waals surface area contributed by atoms with E-state index < -0.39 is 61.0 Å². The molecule has 0 atom stereocenters.